The monoisotopic (exact) mass is 472 g/mol. The van der Waals surface area contributed by atoms with Gasteiger partial charge in [-0.3, -0.25) is 0 Å². The third-order valence-corrected chi connectivity index (χ3v) is 9.03. The highest BCUT2D eigenvalue weighted by atomic mass is 32.3. The molecule has 0 atom stereocenters. The minimum absolute atomic E-state index is 0.0202. The highest BCUT2D eigenvalue weighted by molar-refractivity contribution is 8.33. The van der Waals surface area contributed by atoms with Crippen molar-refractivity contribution in [3.63, 3.8) is 0 Å². The molecule has 0 heterocycles. The lowest BCUT2D eigenvalue weighted by Crippen LogP contribution is -2.27. The van der Waals surface area contributed by atoms with Gasteiger partial charge in [0.2, 0.25) is 0 Å². The smallest absolute Gasteiger partial charge is 0.468 e. The number of hydrogen-bond donors (Lipinski definition) is 0. The Morgan fingerprint density at radius 2 is 1.19 bits per heavy atom. The van der Waals surface area contributed by atoms with Crippen LogP contribution < -0.4 is 4.74 Å². The first-order chi connectivity index (χ1) is 14.7. The lowest BCUT2D eigenvalue weighted by Gasteiger charge is -2.39. The third-order valence-electron chi connectivity index (χ3n) is 4.12. The number of ether oxygens (including phenoxy) is 2. The standard InChI is InChI=1S/C21H19F3O5S2/c1-27-16-28-17-12-14-20(15-13-17)30(18-8-4-2-5-9-18,19-10-6-3-7-11-19)29-31(25,26)21(22,23)24/h2-15H,16H2,1H3. The molecule has 3 aromatic rings. The Labute approximate surface area is 180 Å². The zero-order chi connectivity index (χ0) is 22.5. The second kappa shape index (κ2) is 9.31. The number of rotatable bonds is 8. The van der Waals surface area contributed by atoms with Crippen LogP contribution in [0, 0.1) is 0 Å². The minimum atomic E-state index is -5.94. The van der Waals surface area contributed by atoms with Crippen molar-refractivity contribution in [2.45, 2.75) is 20.2 Å². The van der Waals surface area contributed by atoms with Gasteiger partial charge in [0.1, 0.15) is 5.75 Å². The fraction of sp³-hybridized carbons (Fsp3) is 0.143. The van der Waals surface area contributed by atoms with E-state index in [0.717, 1.165) is 0 Å². The van der Waals surface area contributed by atoms with Crippen LogP contribution in [-0.4, -0.2) is 27.8 Å². The maximum Gasteiger partial charge on any atom is 0.524 e. The molecule has 0 N–H and O–H groups in total. The van der Waals surface area contributed by atoms with E-state index in [9.17, 15) is 21.6 Å². The van der Waals surface area contributed by atoms with Gasteiger partial charge in [-0.25, -0.2) is 0 Å². The van der Waals surface area contributed by atoms with Crippen LogP contribution >= 0.6 is 10.3 Å². The van der Waals surface area contributed by atoms with Gasteiger partial charge in [-0.05, 0) is 58.8 Å². The van der Waals surface area contributed by atoms with Crippen LogP contribution in [0.1, 0.15) is 0 Å². The normalized spacial score (nSPS) is 13.0. The summed E-state index contributed by atoms with van der Waals surface area (Å²) in [7, 11) is -7.80. The zero-order valence-corrected chi connectivity index (χ0v) is 17.9. The highest BCUT2D eigenvalue weighted by Crippen LogP contribution is 2.70. The lowest BCUT2D eigenvalue weighted by atomic mass is 10.3. The summed E-state index contributed by atoms with van der Waals surface area (Å²) in [6.07, 6.45) is 0. The second-order valence-corrected chi connectivity index (χ2v) is 10.6. The van der Waals surface area contributed by atoms with Crippen LogP contribution in [0.4, 0.5) is 13.2 Å². The van der Waals surface area contributed by atoms with Gasteiger partial charge in [-0.2, -0.15) is 25.2 Å². The molecule has 0 radical (unpaired) electrons. The molecular formula is C21H19F3O5S2. The van der Waals surface area contributed by atoms with E-state index < -0.39 is 25.9 Å². The lowest BCUT2D eigenvalue weighted by molar-refractivity contribution is -0.0496. The van der Waals surface area contributed by atoms with Crippen LogP contribution in [0.15, 0.2) is 99.6 Å². The molecule has 0 unspecified atom stereocenters. The van der Waals surface area contributed by atoms with Crippen LogP contribution in [-0.2, 0) is 18.5 Å². The summed E-state index contributed by atoms with van der Waals surface area (Å²) in [4.78, 5) is 0.835. The van der Waals surface area contributed by atoms with Gasteiger partial charge >= 0.3 is 15.6 Å². The molecule has 10 heteroatoms. The Balaban J connectivity index is 2.28. The van der Waals surface area contributed by atoms with Gasteiger partial charge < -0.3 is 9.47 Å². The molecule has 0 bridgehead atoms. The predicted octanol–water partition coefficient (Wildman–Crippen LogP) is 5.73. The van der Waals surface area contributed by atoms with E-state index >= 15 is 0 Å². The second-order valence-electron chi connectivity index (χ2n) is 6.17. The summed E-state index contributed by atoms with van der Waals surface area (Å²) >= 11 is 0. The molecule has 5 nitrogen and oxygen atoms in total. The van der Waals surface area contributed by atoms with Gasteiger partial charge in [-0.1, -0.05) is 36.4 Å². The molecule has 0 saturated carbocycles. The van der Waals surface area contributed by atoms with Crippen molar-refractivity contribution in [3.8, 4) is 5.75 Å². The largest absolute Gasteiger partial charge is 0.524 e. The van der Waals surface area contributed by atoms with Crippen LogP contribution in [0.5, 0.6) is 5.75 Å². The Morgan fingerprint density at radius 1 is 0.742 bits per heavy atom. The fourth-order valence-corrected chi connectivity index (χ4v) is 7.52. The molecule has 0 aliphatic heterocycles. The van der Waals surface area contributed by atoms with Crippen molar-refractivity contribution in [1.82, 2.24) is 0 Å². The fourth-order valence-electron chi connectivity index (χ4n) is 2.78. The van der Waals surface area contributed by atoms with Gasteiger partial charge in [0.25, 0.3) is 0 Å². The number of methoxy groups -OCH3 is 1. The van der Waals surface area contributed by atoms with Gasteiger partial charge in [0.05, 0.1) is 0 Å². The Bertz CT molecular complexity index is 1050. The maximum absolute atomic E-state index is 13.4. The molecule has 0 aliphatic rings. The highest BCUT2D eigenvalue weighted by Gasteiger charge is 2.52. The van der Waals surface area contributed by atoms with E-state index in [-0.39, 0.29) is 11.7 Å². The molecular weight excluding hydrogens is 453 g/mol. The first kappa shape index (κ1) is 23.1. The average Bonchev–Trinajstić information content (AvgIpc) is 2.77. The van der Waals surface area contributed by atoms with Crippen LogP contribution in [0.25, 0.3) is 0 Å². The average molecular weight is 473 g/mol. The quantitative estimate of drug-likeness (QED) is 0.309. The molecule has 0 amide bonds. The van der Waals surface area contributed by atoms with Gasteiger partial charge in [0, 0.05) is 21.8 Å². The summed E-state index contributed by atoms with van der Waals surface area (Å²) in [6, 6.07) is 22.0. The van der Waals surface area contributed by atoms with E-state index in [1.165, 1.54) is 31.4 Å². The number of alkyl halides is 3. The summed E-state index contributed by atoms with van der Waals surface area (Å²) in [5.74, 6) is 0.402. The predicted molar refractivity (Wildman–Crippen MR) is 110 cm³/mol. The number of benzene rings is 3. The zero-order valence-electron chi connectivity index (χ0n) is 16.3. The third kappa shape index (κ3) is 4.87. The molecule has 3 rings (SSSR count). The SMILES string of the molecule is COCOc1ccc(S(OS(=O)(=O)C(F)(F)F)(c2ccccc2)c2ccccc2)cc1. The topological polar surface area (TPSA) is 61.8 Å². The van der Waals surface area contributed by atoms with E-state index in [0.29, 0.717) is 15.5 Å². The minimum Gasteiger partial charge on any atom is -0.468 e. The Morgan fingerprint density at radius 3 is 1.61 bits per heavy atom. The van der Waals surface area contributed by atoms with E-state index in [4.69, 9.17) is 13.1 Å². The summed E-state index contributed by atoms with van der Waals surface area (Å²) < 4.78 is 79.9. The van der Waals surface area contributed by atoms with Gasteiger partial charge in [-0.15, -0.1) is 0 Å². The molecule has 0 aromatic heterocycles. The molecule has 0 saturated heterocycles. The Hall–Kier alpha value is -2.53. The van der Waals surface area contributed by atoms with Crippen molar-refractivity contribution in [3.05, 3.63) is 84.9 Å². The van der Waals surface area contributed by atoms with E-state index in [1.54, 1.807) is 60.7 Å². The first-order valence-corrected chi connectivity index (χ1v) is 11.8. The molecule has 0 fully saturated rings. The first-order valence-electron chi connectivity index (χ1n) is 8.88. The van der Waals surface area contributed by atoms with Crippen molar-refractivity contribution in [1.29, 1.82) is 0 Å². The van der Waals surface area contributed by atoms with E-state index in [2.05, 4.69) is 0 Å². The molecule has 0 spiro atoms. The van der Waals surface area contributed by atoms with Crippen molar-refractivity contribution in [2.24, 2.45) is 0 Å². The van der Waals surface area contributed by atoms with Crippen molar-refractivity contribution in [2.75, 3.05) is 13.9 Å². The van der Waals surface area contributed by atoms with Crippen molar-refractivity contribution >= 4 is 20.4 Å². The molecule has 0 aliphatic carbocycles. The Kier molecular flexibility index (Phi) is 6.95. The van der Waals surface area contributed by atoms with E-state index in [1.807, 2.05) is 0 Å². The molecule has 166 valence electrons. The summed E-state index contributed by atoms with van der Waals surface area (Å²) in [5.41, 5.74) is -5.59. The molecule has 3 aromatic carbocycles. The summed E-state index contributed by atoms with van der Waals surface area (Å²) in [6.45, 7) is -0.0202. The maximum atomic E-state index is 13.4. The number of halogens is 3. The van der Waals surface area contributed by atoms with Gasteiger partial charge in [0.15, 0.2) is 6.79 Å². The molecule has 31 heavy (non-hydrogen) atoms. The van der Waals surface area contributed by atoms with Crippen LogP contribution in [0.2, 0.25) is 0 Å². The van der Waals surface area contributed by atoms with Crippen LogP contribution in [0.3, 0.4) is 0 Å². The summed E-state index contributed by atoms with van der Waals surface area (Å²) in [5, 5.41) is 0. The number of hydrogen-bond acceptors (Lipinski definition) is 5. The van der Waals surface area contributed by atoms with Crippen molar-refractivity contribution < 1.29 is 34.7 Å².